The van der Waals surface area contributed by atoms with Crippen molar-refractivity contribution in [2.75, 3.05) is 6.61 Å². The summed E-state index contributed by atoms with van der Waals surface area (Å²) in [5.41, 5.74) is 2.07. The Balaban J connectivity index is -0.000000616. The average Bonchev–Trinajstić information content (AvgIpc) is 2.20. The van der Waals surface area contributed by atoms with Crippen LogP contribution in [0, 0.1) is 13.8 Å². The smallest absolute Gasteiger partial charge is 0.419 e. The fraction of sp³-hybridized carbons (Fsp3) is 0.857. The third-order valence-corrected chi connectivity index (χ3v) is 9.32. The van der Waals surface area contributed by atoms with Crippen molar-refractivity contribution in [1.82, 2.24) is 0 Å². The minimum atomic E-state index is -1.59. The van der Waals surface area contributed by atoms with E-state index in [4.69, 9.17) is 4.43 Å². The third kappa shape index (κ3) is 6.50. The molecule has 0 saturated heterocycles. The minimum absolute atomic E-state index is 0. The van der Waals surface area contributed by atoms with Crippen LogP contribution in [0.15, 0.2) is 0 Å². The van der Waals surface area contributed by atoms with Crippen LogP contribution >= 0.6 is 0 Å². The van der Waals surface area contributed by atoms with Crippen molar-refractivity contribution in [3.8, 4) is 0 Å². The summed E-state index contributed by atoms with van der Waals surface area (Å²) in [7, 11) is -1.59. The average molecular weight is 310 g/mol. The fourth-order valence-corrected chi connectivity index (χ4v) is 8.25. The molecule has 0 aromatic carbocycles. The monoisotopic (exact) mass is 308 g/mol. The maximum Gasteiger partial charge on any atom is 2.00 e. The fourth-order valence-electron chi connectivity index (χ4n) is 2.75. The molecule has 0 aromatic rings. The zero-order chi connectivity index (χ0) is 13.4. The standard InChI is InChI=1S/C12H27OSi.C2H5.Zn/c1-8-9-13-14(10(2)3,11(4)5)12(6)7;1-2;/h10-12H,1,8-9H2,2-7H3;1H2,2H3;/q2*-1;+2. The van der Waals surface area contributed by atoms with Gasteiger partial charge in [-0.15, -0.1) is 0 Å². The first kappa shape index (κ1) is 22.9. The Hall–Kier alpha value is 0.800. The second kappa shape index (κ2) is 11.9. The summed E-state index contributed by atoms with van der Waals surface area (Å²) in [6.45, 7) is 23.6. The second-order valence-electron chi connectivity index (χ2n) is 5.02. The van der Waals surface area contributed by atoms with Crippen LogP contribution in [0.3, 0.4) is 0 Å². The summed E-state index contributed by atoms with van der Waals surface area (Å²) >= 11 is 0. The first-order chi connectivity index (χ1) is 7.39. The zero-order valence-corrected chi connectivity index (χ0v) is 17.1. The summed E-state index contributed by atoms with van der Waals surface area (Å²) in [6.07, 6.45) is 0.890. The Labute approximate surface area is 124 Å². The molecule has 0 fully saturated rings. The van der Waals surface area contributed by atoms with Gasteiger partial charge < -0.3 is 18.3 Å². The Morgan fingerprint density at radius 1 is 0.882 bits per heavy atom. The van der Waals surface area contributed by atoms with Gasteiger partial charge in [0.15, 0.2) is 8.32 Å². The second-order valence-corrected chi connectivity index (χ2v) is 10.5. The molecule has 3 heteroatoms. The van der Waals surface area contributed by atoms with Gasteiger partial charge in [0.1, 0.15) is 0 Å². The maximum absolute atomic E-state index is 6.24. The Kier molecular flexibility index (Phi) is 16.0. The van der Waals surface area contributed by atoms with Crippen molar-refractivity contribution < 1.29 is 23.9 Å². The van der Waals surface area contributed by atoms with E-state index in [1.807, 2.05) is 0 Å². The van der Waals surface area contributed by atoms with Crippen molar-refractivity contribution in [1.29, 1.82) is 0 Å². The summed E-state index contributed by atoms with van der Waals surface area (Å²) < 4.78 is 6.24. The molecule has 0 aliphatic rings. The van der Waals surface area contributed by atoms with Crippen LogP contribution in [0.1, 0.15) is 54.9 Å². The molecule has 0 aromatic heterocycles. The van der Waals surface area contributed by atoms with Crippen LogP contribution in [-0.4, -0.2) is 14.9 Å². The molecule has 0 bridgehead atoms. The van der Waals surface area contributed by atoms with Gasteiger partial charge in [-0.1, -0.05) is 41.5 Å². The Morgan fingerprint density at radius 2 is 1.18 bits per heavy atom. The topological polar surface area (TPSA) is 9.23 Å². The van der Waals surface area contributed by atoms with Crippen LogP contribution in [0.4, 0.5) is 0 Å². The van der Waals surface area contributed by atoms with Crippen LogP contribution < -0.4 is 0 Å². The van der Waals surface area contributed by atoms with Crippen LogP contribution in [0.5, 0.6) is 0 Å². The molecule has 0 heterocycles. The van der Waals surface area contributed by atoms with Crippen LogP contribution in [0.2, 0.25) is 16.6 Å². The molecule has 0 saturated carbocycles. The molecule has 0 spiro atoms. The summed E-state index contributed by atoms with van der Waals surface area (Å²) in [5.74, 6) is 0. The third-order valence-electron chi connectivity index (χ3n) is 3.20. The predicted octanol–water partition coefficient (Wildman–Crippen LogP) is 5.24. The molecule has 0 aliphatic heterocycles. The zero-order valence-electron chi connectivity index (χ0n) is 13.2. The predicted molar refractivity (Wildman–Crippen MR) is 78.0 cm³/mol. The van der Waals surface area contributed by atoms with Crippen molar-refractivity contribution in [3.63, 3.8) is 0 Å². The first-order valence-corrected chi connectivity index (χ1v) is 8.67. The van der Waals surface area contributed by atoms with Gasteiger partial charge in [-0.3, -0.25) is 0 Å². The molecule has 100 valence electrons. The molecule has 17 heavy (non-hydrogen) atoms. The van der Waals surface area contributed by atoms with Crippen molar-refractivity contribution in [2.24, 2.45) is 0 Å². The summed E-state index contributed by atoms with van der Waals surface area (Å²) in [6, 6.07) is 0. The van der Waals surface area contributed by atoms with E-state index in [0.29, 0.717) is 16.6 Å². The number of rotatable bonds is 6. The van der Waals surface area contributed by atoms with E-state index in [1.54, 1.807) is 6.92 Å². The van der Waals surface area contributed by atoms with Gasteiger partial charge in [-0.2, -0.15) is 13.3 Å². The van der Waals surface area contributed by atoms with E-state index in [2.05, 4.69) is 55.4 Å². The Bertz CT molecular complexity index is 137. The molecule has 0 N–H and O–H groups in total. The SMILES string of the molecule is [CH2-]C.[CH2-]CCO[Si](C(C)C)(C(C)C)C(C)C.[Zn+2]. The van der Waals surface area contributed by atoms with Gasteiger partial charge >= 0.3 is 19.5 Å². The number of hydrogen-bond acceptors (Lipinski definition) is 1. The van der Waals surface area contributed by atoms with Gasteiger partial charge in [0, 0.05) is 6.61 Å². The van der Waals surface area contributed by atoms with Crippen LogP contribution in [-0.2, 0) is 23.9 Å². The van der Waals surface area contributed by atoms with E-state index >= 15 is 0 Å². The molecule has 0 rings (SSSR count). The maximum atomic E-state index is 6.24. The van der Waals surface area contributed by atoms with E-state index in [-0.39, 0.29) is 19.5 Å². The van der Waals surface area contributed by atoms with Gasteiger partial charge in [0.05, 0.1) is 0 Å². The van der Waals surface area contributed by atoms with Crippen molar-refractivity contribution in [2.45, 2.75) is 71.5 Å². The van der Waals surface area contributed by atoms with Gasteiger partial charge in [0.2, 0.25) is 0 Å². The molecular weight excluding hydrogens is 278 g/mol. The van der Waals surface area contributed by atoms with E-state index in [1.165, 1.54) is 0 Å². The molecule has 1 nitrogen and oxygen atoms in total. The number of hydrogen-bond donors (Lipinski definition) is 0. The van der Waals surface area contributed by atoms with Gasteiger partial charge in [-0.25, -0.2) is 0 Å². The minimum Gasteiger partial charge on any atom is -0.419 e. The quantitative estimate of drug-likeness (QED) is 0.481. The van der Waals surface area contributed by atoms with E-state index in [9.17, 15) is 0 Å². The molecule has 0 radical (unpaired) electrons. The van der Waals surface area contributed by atoms with E-state index in [0.717, 1.165) is 13.0 Å². The van der Waals surface area contributed by atoms with Crippen molar-refractivity contribution >= 4 is 8.32 Å². The molecule has 0 unspecified atom stereocenters. The van der Waals surface area contributed by atoms with Crippen LogP contribution in [0.25, 0.3) is 0 Å². The first-order valence-electron chi connectivity index (χ1n) is 6.53. The molecule has 0 amide bonds. The van der Waals surface area contributed by atoms with Gasteiger partial charge in [0.25, 0.3) is 0 Å². The summed E-state index contributed by atoms with van der Waals surface area (Å²) in [5, 5.41) is 0. The molecular formula is C14H32OSiZn. The molecule has 0 aliphatic carbocycles. The summed E-state index contributed by atoms with van der Waals surface area (Å²) in [4.78, 5) is 0. The van der Waals surface area contributed by atoms with Gasteiger partial charge in [-0.05, 0) is 16.6 Å². The van der Waals surface area contributed by atoms with E-state index < -0.39 is 8.32 Å². The normalized spacial score (nSPS) is 11.3. The molecule has 0 atom stereocenters. The largest absolute Gasteiger partial charge is 2.00 e. The van der Waals surface area contributed by atoms with Crippen molar-refractivity contribution in [3.05, 3.63) is 13.8 Å². The Morgan fingerprint density at radius 3 is 1.35 bits per heavy atom.